The summed E-state index contributed by atoms with van der Waals surface area (Å²) in [5, 5.41) is 21.7. The highest BCUT2D eigenvalue weighted by Gasteiger charge is 2.20. The fraction of sp³-hybridized carbons (Fsp3) is 0.533. The van der Waals surface area contributed by atoms with Gasteiger partial charge in [-0.3, -0.25) is 4.79 Å². The number of phenolic OH excluding ortho intramolecular Hbond substituents is 1. The molecule has 1 unspecified atom stereocenters. The second-order valence-electron chi connectivity index (χ2n) is 6.16. The zero-order valence-electron chi connectivity index (χ0n) is 12.1. The standard InChI is InChI=1S/C15H22ClNO3/c1-15(2,3)8-11(9-18)17-14(20)6-10-4-5-12(19)7-13(10)16/h4-5,7,11,18-19H,6,8-9H2,1-3H3,(H,17,20). The lowest BCUT2D eigenvalue weighted by atomic mass is 9.88. The molecule has 112 valence electrons. The van der Waals surface area contributed by atoms with Crippen molar-refractivity contribution < 1.29 is 15.0 Å². The molecular formula is C15H22ClNO3. The molecule has 1 amide bonds. The quantitative estimate of drug-likeness (QED) is 0.782. The second kappa shape index (κ2) is 6.95. The van der Waals surface area contributed by atoms with Crippen LogP contribution in [0.5, 0.6) is 5.75 Å². The number of rotatable bonds is 5. The monoisotopic (exact) mass is 299 g/mol. The van der Waals surface area contributed by atoms with Crippen LogP contribution in [0.25, 0.3) is 0 Å². The third-order valence-electron chi connectivity index (χ3n) is 2.83. The van der Waals surface area contributed by atoms with Crippen molar-refractivity contribution in [2.75, 3.05) is 6.61 Å². The molecule has 4 nitrogen and oxygen atoms in total. The van der Waals surface area contributed by atoms with Crippen LogP contribution in [0.2, 0.25) is 5.02 Å². The maximum atomic E-state index is 12.0. The minimum atomic E-state index is -0.265. The average molecular weight is 300 g/mol. The van der Waals surface area contributed by atoms with Crippen LogP contribution in [-0.2, 0) is 11.2 Å². The molecular weight excluding hydrogens is 278 g/mol. The highest BCUT2D eigenvalue weighted by Crippen LogP contribution is 2.23. The van der Waals surface area contributed by atoms with Gasteiger partial charge in [-0.15, -0.1) is 0 Å². The van der Waals surface area contributed by atoms with E-state index in [4.69, 9.17) is 11.6 Å². The maximum Gasteiger partial charge on any atom is 0.224 e. The summed E-state index contributed by atoms with van der Waals surface area (Å²) < 4.78 is 0. The van der Waals surface area contributed by atoms with Gasteiger partial charge >= 0.3 is 0 Å². The third-order valence-corrected chi connectivity index (χ3v) is 3.18. The van der Waals surface area contributed by atoms with Gasteiger partial charge in [0.1, 0.15) is 5.75 Å². The number of halogens is 1. The van der Waals surface area contributed by atoms with Gasteiger partial charge in [-0.2, -0.15) is 0 Å². The number of phenols is 1. The summed E-state index contributed by atoms with van der Waals surface area (Å²) in [5.41, 5.74) is 0.672. The van der Waals surface area contributed by atoms with Gasteiger partial charge in [-0.05, 0) is 29.5 Å². The van der Waals surface area contributed by atoms with Gasteiger partial charge in [-0.1, -0.05) is 38.4 Å². The lowest BCUT2D eigenvalue weighted by Crippen LogP contribution is -2.40. The Bertz CT molecular complexity index is 469. The fourth-order valence-electron chi connectivity index (χ4n) is 2.03. The first-order chi connectivity index (χ1) is 9.21. The summed E-state index contributed by atoms with van der Waals surface area (Å²) in [6, 6.07) is 4.25. The van der Waals surface area contributed by atoms with Crippen molar-refractivity contribution in [1.29, 1.82) is 0 Å². The van der Waals surface area contributed by atoms with E-state index in [-0.39, 0.29) is 36.1 Å². The number of carbonyl (C=O) groups excluding carboxylic acids is 1. The molecule has 0 aliphatic carbocycles. The Morgan fingerprint density at radius 1 is 1.40 bits per heavy atom. The van der Waals surface area contributed by atoms with Crippen molar-refractivity contribution in [3.63, 3.8) is 0 Å². The van der Waals surface area contributed by atoms with Gasteiger partial charge in [0.25, 0.3) is 0 Å². The van der Waals surface area contributed by atoms with Gasteiger partial charge in [0.15, 0.2) is 0 Å². The highest BCUT2D eigenvalue weighted by atomic mass is 35.5. The highest BCUT2D eigenvalue weighted by molar-refractivity contribution is 6.31. The molecule has 1 rings (SSSR count). The van der Waals surface area contributed by atoms with E-state index < -0.39 is 0 Å². The van der Waals surface area contributed by atoms with Crippen LogP contribution < -0.4 is 5.32 Å². The molecule has 20 heavy (non-hydrogen) atoms. The molecule has 1 aromatic rings. The van der Waals surface area contributed by atoms with Crippen LogP contribution >= 0.6 is 11.6 Å². The van der Waals surface area contributed by atoms with Crippen molar-refractivity contribution in [2.45, 2.75) is 39.7 Å². The molecule has 0 aliphatic rings. The Morgan fingerprint density at radius 3 is 2.55 bits per heavy atom. The van der Waals surface area contributed by atoms with Gasteiger partial charge in [0, 0.05) is 5.02 Å². The Kier molecular flexibility index (Phi) is 5.84. The molecule has 0 saturated carbocycles. The Labute approximate surface area is 124 Å². The maximum absolute atomic E-state index is 12.0. The van der Waals surface area contributed by atoms with E-state index in [2.05, 4.69) is 26.1 Å². The molecule has 1 aromatic carbocycles. The van der Waals surface area contributed by atoms with Crippen LogP contribution in [0.1, 0.15) is 32.8 Å². The van der Waals surface area contributed by atoms with E-state index >= 15 is 0 Å². The van der Waals surface area contributed by atoms with Crippen molar-refractivity contribution in [1.82, 2.24) is 5.32 Å². The minimum Gasteiger partial charge on any atom is -0.508 e. The predicted octanol–water partition coefficient (Wildman–Crippen LogP) is 2.50. The molecule has 0 fully saturated rings. The van der Waals surface area contributed by atoms with E-state index in [1.165, 1.54) is 12.1 Å². The number of hydrogen-bond acceptors (Lipinski definition) is 3. The molecule has 0 heterocycles. The number of aliphatic hydroxyl groups is 1. The summed E-state index contributed by atoms with van der Waals surface area (Å²) in [7, 11) is 0. The largest absolute Gasteiger partial charge is 0.508 e. The fourth-order valence-corrected chi connectivity index (χ4v) is 2.27. The number of carbonyl (C=O) groups is 1. The lowest BCUT2D eigenvalue weighted by molar-refractivity contribution is -0.121. The molecule has 0 spiro atoms. The summed E-state index contributed by atoms with van der Waals surface area (Å²) in [6.07, 6.45) is 0.818. The number of aromatic hydroxyl groups is 1. The van der Waals surface area contributed by atoms with Gasteiger partial charge in [0.05, 0.1) is 19.1 Å². The smallest absolute Gasteiger partial charge is 0.224 e. The number of nitrogens with one attached hydrogen (secondary N) is 1. The van der Waals surface area contributed by atoms with E-state index in [9.17, 15) is 15.0 Å². The van der Waals surface area contributed by atoms with Crippen LogP contribution in [0.4, 0.5) is 0 Å². The van der Waals surface area contributed by atoms with Crippen molar-refractivity contribution in [2.24, 2.45) is 5.41 Å². The normalized spacial score (nSPS) is 13.1. The first-order valence-electron chi connectivity index (χ1n) is 6.59. The first-order valence-corrected chi connectivity index (χ1v) is 6.96. The molecule has 0 saturated heterocycles. The number of aliphatic hydroxyl groups excluding tert-OH is 1. The number of benzene rings is 1. The van der Waals surface area contributed by atoms with Crippen molar-refractivity contribution >= 4 is 17.5 Å². The van der Waals surface area contributed by atoms with E-state index in [1.54, 1.807) is 6.07 Å². The second-order valence-corrected chi connectivity index (χ2v) is 6.57. The van der Waals surface area contributed by atoms with Gasteiger partial charge in [-0.25, -0.2) is 0 Å². The number of hydrogen-bond donors (Lipinski definition) is 3. The van der Waals surface area contributed by atoms with Crippen LogP contribution in [0, 0.1) is 5.41 Å². The van der Waals surface area contributed by atoms with Crippen LogP contribution in [0.15, 0.2) is 18.2 Å². The third kappa shape index (κ3) is 5.80. The van der Waals surface area contributed by atoms with E-state index in [0.29, 0.717) is 17.0 Å². The first kappa shape index (κ1) is 16.8. The lowest BCUT2D eigenvalue weighted by Gasteiger charge is -2.25. The summed E-state index contributed by atoms with van der Waals surface area (Å²) in [6.45, 7) is 6.07. The van der Waals surface area contributed by atoms with Crippen LogP contribution in [0.3, 0.4) is 0 Å². The Balaban J connectivity index is 2.62. The molecule has 0 aliphatic heterocycles. The summed E-state index contributed by atoms with van der Waals surface area (Å²) in [4.78, 5) is 12.0. The minimum absolute atomic E-state index is 0.0247. The summed E-state index contributed by atoms with van der Waals surface area (Å²) in [5.74, 6) is -0.124. The van der Waals surface area contributed by atoms with E-state index in [1.807, 2.05) is 0 Å². The van der Waals surface area contributed by atoms with Crippen molar-refractivity contribution in [3.8, 4) is 5.75 Å². The van der Waals surface area contributed by atoms with Crippen molar-refractivity contribution in [3.05, 3.63) is 28.8 Å². The average Bonchev–Trinajstić information content (AvgIpc) is 2.30. The zero-order valence-corrected chi connectivity index (χ0v) is 12.9. The molecule has 0 bridgehead atoms. The molecule has 1 atom stereocenters. The zero-order chi connectivity index (χ0) is 15.3. The predicted molar refractivity (Wildman–Crippen MR) is 79.9 cm³/mol. The SMILES string of the molecule is CC(C)(C)CC(CO)NC(=O)Cc1ccc(O)cc1Cl. The number of amides is 1. The topological polar surface area (TPSA) is 69.6 Å². The molecule has 0 aromatic heterocycles. The van der Waals surface area contributed by atoms with Gasteiger partial charge in [0.2, 0.25) is 5.91 Å². The summed E-state index contributed by atoms with van der Waals surface area (Å²) >= 11 is 5.96. The molecule has 5 heteroatoms. The molecule has 3 N–H and O–H groups in total. The van der Waals surface area contributed by atoms with E-state index in [0.717, 1.165) is 0 Å². The Hall–Kier alpha value is -1.26. The molecule has 0 radical (unpaired) electrons. The Morgan fingerprint density at radius 2 is 2.05 bits per heavy atom. The van der Waals surface area contributed by atoms with Gasteiger partial charge < -0.3 is 15.5 Å². The van der Waals surface area contributed by atoms with Crippen LogP contribution in [-0.4, -0.2) is 28.8 Å².